The van der Waals surface area contributed by atoms with E-state index in [1.165, 1.54) is 10.9 Å². The van der Waals surface area contributed by atoms with Gasteiger partial charge in [-0.1, -0.05) is 24.3 Å². The molecule has 2 rings (SSSR count). The number of methoxy groups -OCH3 is 1. The van der Waals surface area contributed by atoms with Gasteiger partial charge in [0.05, 0.1) is 7.11 Å². The van der Waals surface area contributed by atoms with Crippen LogP contribution in [-0.4, -0.2) is 19.1 Å². The van der Waals surface area contributed by atoms with Crippen LogP contribution in [-0.2, 0) is 11.2 Å². The van der Waals surface area contributed by atoms with E-state index in [1.807, 2.05) is 38.1 Å². The van der Waals surface area contributed by atoms with Crippen molar-refractivity contribution < 1.29 is 9.53 Å². The van der Waals surface area contributed by atoms with E-state index in [2.05, 4.69) is 17.4 Å². The molecule has 0 aliphatic carbocycles. The van der Waals surface area contributed by atoms with Crippen LogP contribution in [0.1, 0.15) is 25.8 Å². The molecular weight excluding hydrogens is 250 g/mol. The lowest BCUT2D eigenvalue weighted by Crippen LogP contribution is -2.30. The molecule has 0 heterocycles. The summed E-state index contributed by atoms with van der Waals surface area (Å²) in [5.74, 6) is 0.941. The van der Waals surface area contributed by atoms with Crippen molar-refractivity contribution >= 4 is 16.7 Å². The molecule has 2 aromatic rings. The first-order valence-corrected chi connectivity index (χ1v) is 6.95. The summed E-state index contributed by atoms with van der Waals surface area (Å²) in [6.45, 7) is 3.95. The lowest BCUT2D eigenvalue weighted by molar-refractivity contribution is -0.121. The average molecular weight is 271 g/mol. The number of amides is 1. The molecule has 0 spiro atoms. The summed E-state index contributed by atoms with van der Waals surface area (Å²) in [5, 5.41) is 5.25. The van der Waals surface area contributed by atoms with Crippen LogP contribution in [0.2, 0.25) is 0 Å². The molecule has 1 N–H and O–H groups in total. The largest absolute Gasteiger partial charge is 0.497 e. The van der Waals surface area contributed by atoms with Crippen LogP contribution in [0.3, 0.4) is 0 Å². The molecule has 0 aliphatic rings. The number of rotatable bonds is 5. The van der Waals surface area contributed by atoms with E-state index in [0.717, 1.165) is 17.6 Å². The molecule has 106 valence electrons. The summed E-state index contributed by atoms with van der Waals surface area (Å²) in [5.41, 5.74) is 1.18. The number of aryl methyl sites for hydroxylation is 1. The van der Waals surface area contributed by atoms with Crippen molar-refractivity contribution in [1.82, 2.24) is 5.32 Å². The predicted molar refractivity (Wildman–Crippen MR) is 82.1 cm³/mol. The topological polar surface area (TPSA) is 38.3 Å². The highest BCUT2D eigenvalue weighted by Crippen LogP contribution is 2.24. The Morgan fingerprint density at radius 3 is 2.75 bits per heavy atom. The molecule has 0 radical (unpaired) electrons. The van der Waals surface area contributed by atoms with Gasteiger partial charge in [0.15, 0.2) is 0 Å². The van der Waals surface area contributed by atoms with Crippen LogP contribution < -0.4 is 10.1 Å². The average Bonchev–Trinajstić information content (AvgIpc) is 2.43. The Morgan fingerprint density at radius 2 is 2.05 bits per heavy atom. The molecule has 0 aromatic heterocycles. The Bertz CT molecular complexity index is 605. The maximum absolute atomic E-state index is 11.8. The van der Waals surface area contributed by atoms with Crippen LogP contribution in [0.15, 0.2) is 36.4 Å². The van der Waals surface area contributed by atoms with Gasteiger partial charge in [-0.25, -0.2) is 0 Å². The Labute approximate surface area is 119 Å². The van der Waals surface area contributed by atoms with Crippen LogP contribution in [0.4, 0.5) is 0 Å². The number of ether oxygens (including phenoxy) is 1. The highest BCUT2D eigenvalue weighted by Gasteiger charge is 2.07. The number of benzene rings is 2. The van der Waals surface area contributed by atoms with E-state index < -0.39 is 0 Å². The van der Waals surface area contributed by atoms with E-state index in [4.69, 9.17) is 4.74 Å². The molecule has 20 heavy (non-hydrogen) atoms. The molecule has 0 saturated carbocycles. The first-order chi connectivity index (χ1) is 9.60. The molecular formula is C17H21NO2. The van der Waals surface area contributed by atoms with Crippen molar-refractivity contribution in [1.29, 1.82) is 0 Å². The summed E-state index contributed by atoms with van der Waals surface area (Å²) in [6, 6.07) is 12.4. The molecule has 3 heteroatoms. The van der Waals surface area contributed by atoms with E-state index in [1.54, 1.807) is 7.11 Å². The lowest BCUT2D eigenvalue weighted by Gasteiger charge is -2.10. The number of carbonyl (C=O) groups is 1. The van der Waals surface area contributed by atoms with E-state index in [0.29, 0.717) is 6.42 Å². The van der Waals surface area contributed by atoms with Gasteiger partial charge in [-0.3, -0.25) is 4.79 Å². The normalized spacial score (nSPS) is 10.8. The van der Waals surface area contributed by atoms with Gasteiger partial charge in [0, 0.05) is 12.5 Å². The van der Waals surface area contributed by atoms with Crippen LogP contribution in [0.25, 0.3) is 10.8 Å². The van der Waals surface area contributed by atoms with Crippen molar-refractivity contribution in [3.05, 3.63) is 42.0 Å². The van der Waals surface area contributed by atoms with Gasteiger partial charge in [-0.15, -0.1) is 0 Å². The monoisotopic (exact) mass is 271 g/mol. The minimum absolute atomic E-state index is 0.0971. The Morgan fingerprint density at radius 1 is 1.25 bits per heavy atom. The second-order valence-corrected chi connectivity index (χ2v) is 5.23. The summed E-state index contributed by atoms with van der Waals surface area (Å²) in [7, 11) is 1.67. The van der Waals surface area contributed by atoms with Gasteiger partial charge in [0.1, 0.15) is 5.75 Å². The van der Waals surface area contributed by atoms with Gasteiger partial charge in [-0.2, -0.15) is 0 Å². The summed E-state index contributed by atoms with van der Waals surface area (Å²) in [6.07, 6.45) is 1.25. The number of carbonyl (C=O) groups excluding carboxylic acids is 1. The first-order valence-electron chi connectivity index (χ1n) is 6.95. The summed E-state index contributed by atoms with van der Waals surface area (Å²) >= 11 is 0. The van der Waals surface area contributed by atoms with Crippen molar-refractivity contribution in [2.75, 3.05) is 7.11 Å². The quantitative estimate of drug-likeness (QED) is 0.906. The minimum atomic E-state index is 0.0971. The number of nitrogens with one attached hydrogen (secondary N) is 1. The maximum Gasteiger partial charge on any atom is 0.220 e. The minimum Gasteiger partial charge on any atom is -0.497 e. The van der Waals surface area contributed by atoms with E-state index >= 15 is 0 Å². The summed E-state index contributed by atoms with van der Waals surface area (Å²) < 4.78 is 5.28. The van der Waals surface area contributed by atoms with Gasteiger partial charge in [0.2, 0.25) is 5.91 Å². The van der Waals surface area contributed by atoms with Crippen LogP contribution in [0.5, 0.6) is 5.75 Å². The Kier molecular flexibility index (Phi) is 4.61. The zero-order chi connectivity index (χ0) is 14.5. The second kappa shape index (κ2) is 6.42. The molecule has 0 bridgehead atoms. The molecule has 1 amide bonds. The third-order valence-corrected chi connectivity index (χ3v) is 3.25. The lowest BCUT2D eigenvalue weighted by atomic mass is 10.0. The van der Waals surface area contributed by atoms with Gasteiger partial charge >= 0.3 is 0 Å². The van der Waals surface area contributed by atoms with Crippen molar-refractivity contribution in [3.63, 3.8) is 0 Å². The third kappa shape index (κ3) is 3.50. The van der Waals surface area contributed by atoms with Crippen molar-refractivity contribution in [2.24, 2.45) is 0 Å². The molecule has 0 atom stereocenters. The SMILES string of the molecule is COc1ccc2cccc(CCC(=O)NC(C)C)c2c1. The molecule has 0 saturated heterocycles. The fourth-order valence-electron chi connectivity index (χ4n) is 2.30. The number of hydrogen-bond acceptors (Lipinski definition) is 2. The van der Waals surface area contributed by atoms with Crippen LogP contribution >= 0.6 is 0 Å². The number of hydrogen-bond donors (Lipinski definition) is 1. The standard InChI is InChI=1S/C17H21NO2/c1-12(2)18-17(19)10-8-14-6-4-5-13-7-9-15(20-3)11-16(13)14/h4-7,9,11-12H,8,10H2,1-3H3,(H,18,19). The van der Waals surface area contributed by atoms with Crippen LogP contribution in [0, 0.1) is 0 Å². The fraction of sp³-hybridized carbons (Fsp3) is 0.353. The molecule has 3 nitrogen and oxygen atoms in total. The van der Waals surface area contributed by atoms with Gasteiger partial charge < -0.3 is 10.1 Å². The summed E-state index contributed by atoms with van der Waals surface area (Å²) in [4.78, 5) is 11.8. The van der Waals surface area contributed by atoms with Gasteiger partial charge in [-0.05, 0) is 48.7 Å². The highest BCUT2D eigenvalue weighted by atomic mass is 16.5. The molecule has 0 fully saturated rings. The molecule has 2 aromatic carbocycles. The third-order valence-electron chi connectivity index (χ3n) is 3.25. The zero-order valence-electron chi connectivity index (χ0n) is 12.3. The predicted octanol–water partition coefficient (Wildman–Crippen LogP) is 3.31. The maximum atomic E-state index is 11.8. The molecule has 0 aliphatic heterocycles. The van der Waals surface area contributed by atoms with E-state index in [-0.39, 0.29) is 11.9 Å². The van der Waals surface area contributed by atoms with Gasteiger partial charge in [0.25, 0.3) is 0 Å². The smallest absolute Gasteiger partial charge is 0.220 e. The highest BCUT2D eigenvalue weighted by molar-refractivity contribution is 5.87. The second-order valence-electron chi connectivity index (χ2n) is 5.23. The zero-order valence-corrected chi connectivity index (χ0v) is 12.3. The Hall–Kier alpha value is -2.03. The van der Waals surface area contributed by atoms with Crippen molar-refractivity contribution in [3.8, 4) is 5.75 Å². The number of fused-ring (bicyclic) bond motifs is 1. The molecule has 0 unspecified atom stereocenters. The first kappa shape index (κ1) is 14.4. The van der Waals surface area contributed by atoms with Crippen molar-refractivity contribution in [2.45, 2.75) is 32.7 Å². The fourth-order valence-corrected chi connectivity index (χ4v) is 2.30. The Balaban J connectivity index is 2.19. The van der Waals surface area contributed by atoms with E-state index in [9.17, 15) is 4.79 Å².